The second-order valence-corrected chi connectivity index (χ2v) is 10.1. The van der Waals surface area contributed by atoms with Crippen molar-refractivity contribution in [3.63, 3.8) is 0 Å². The molecule has 1 aliphatic carbocycles. The summed E-state index contributed by atoms with van der Waals surface area (Å²) in [5.41, 5.74) is 3.86. The second kappa shape index (κ2) is 8.87. The lowest BCUT2D eigenvalue weighted by molar-refractivity contribution is -0.133. The third kappa shape index (κ3) is 4.32. The van der Waals surface area contributed by atoms with Crippen molar-refractivity contribution < 1.29 is 18.7 Å². The van der Waals surface area contributed by atoms with Crippen LogP contribution in [0.3, 0.4) is 0 Å². The van der Waals surface area contributed by atoms with E-state index in [9.17, 15) is 14.0 Å². The molecule has 0 aromatic heterocycles. The molecule has 1 N–H and O–H groups in total. The molecule has 6 nitrogen and oxygen atoms in total. The van der Waals surface area contributed by atoms with E-state index in [0.29, 0.717) is 44.7 Å². The van der Waals surface area contributed by atoms with E-state index in [-0.39, 0.29) is 29.5 Å². The van der Waals surface area contributed by atoms with E-state index < -0.39 is 6.04 Å². The smallest absolute Gasteiger partial charge is 0.242 e. The van der Waals surface area contributed by atoms with Gasteiger partial charge < -0.3 is 19.9 Å². The molecule has 1 saturated heterocycles. The van der Waals surface area contributed by atoms with Gasteiger partial charge in [-0.05, 0) is 41.7 Å². The van der Waals surface area contributed by atoms with Gasteiger partial charge in [-0.15, -0.1) is 0 Å². The highest BCUT2D eigenvalue weighted by Gasteiger charge is 2.42. The normalized spacial score (nSPS) is 22.0. The molecule has 2 aromatic rings. The predicted octanol–water partition coefficient (Wildman–Crippen LogP) is 4.30. The van der Waals surface area contributed by atoms with E-state index >= 15 is 0 Å². The molecule has 2 heterocycles. The van der Waals surface area contributed by atoms with E-state index in [4.69, 9.17) is 4.74 Å². The molecule has 5 rings (SSSR count). The number of Topliss-reactive ketones (excluding diaryl/α,β-unsaturated/α-hetero) is 1. The Morgan fingerprint density at radius 1 is 1.09 bits per heavy atom. The van der Waals surface area contributed by atoms with E-state index in [1.54, 1.807) is 12.1 Å². The first-order valence-electron chi connectivity index (χ1n) is 11.8. The Balaban J connectivity index is 1.66. The van der Waals surface area contributed by atoms with Crippen molar-refractivity contribution in [2.24, 2.45) is 5.41 Å². The predicted molar refractivity (Wildman–Crippen MR) is 129 cm³/mol. The highest BCUT2D eigenvalue weighted by Crippen LogP contribution is 2.48. The number of nitrogens with one attached hydrogen (secondary N) is 1. The lowest BCUT2D eigenvalue weighted by Gasteiger charge is -2.39. The van der Waals surface area contributed by atoms with Crippen molar-refractivity contribution in [3.8, 4) is 0 Å². The number of morpholine rings is 1. The van der Waals surface area contributed by atoms with Crippen LogP contribution in [0.2, 0.25) is 0 Å². The number of hydrogen-bond acceptors (Lipinski definition) is 5. The fourth-order valence-corrected chi connectivity index (χ4v) is 5.28. The molecule has 0 radical (unpaired) electrons. The molecule has 1 amide bonds. The molecule has 0 spiro atoms. The summed E-state index contributed by atoms with van der Waals surface area (Å²) in [6.07, 6.45) is 1.14. The number of ketones is 1. The number of nitrogens with zero attached hydrogens (tertiary/aromatic N) is 2. The summed E-state index contributed by atoms with van der Waals surface area (Å²) < 4.78 is 19.3. The highest BCUT2D eigenvalue weighted by atomic mass is 19.1. The molecule has 3 aliphatic rings. The number of hydrogen-bond donors (Lipinski definition) is 1. The fourth-order valence-electron chi connectivity index (χ4n) is 5.28. The number of amides is 1. The van der Waals surface area contributed by atoms with Crippen LogP contribution in [0.1, 0.15) is 38.3 Å². The number of benzene rings is 2. The monoisotopic (exact) mass is 463 g/mol. The van der Waals surface area contributed by atoms with Crippen LogP contribution in [0.4, 0.5) is 15.8 Å². The number of anilines is 2. The minimum absolute atomic E-state index is 0.0159. The average molecular weight is 464 g/mol. The van der Waals surface area contributed by atoms with Gasteiger partial charge in [0.15, 0.2) is 5.78 Å². The van der Waals surface area contributed by atoms with Crippen molar-refractivity contribution >= 4 is 23.1 Å². The maximum Gasteiger partial charge on any atom is 0.242 e. The first-order valence-corrected chi connectivity index (χ1v) is 11.8. The van der Waals surface area contributed by atoms with Gasteiger partial charge in [-0.1, -0.05) is 38.1 Å². The first-order chi connectivity index (χ1) is 16.3. The summed E-state index contributed by atoms with van der Waals surface area (Å²) in [7, 11) is 0. The zero-order valence-electron chi connectivity index (χ0n) is 19.6. The van der Waals surface area contributed by atoms with Crippen LogP contribution in [-0.4, -0.2) is 49.4 Å². The van der Waals surface area contributed by atoms with Crippen LogP contribution >= 0.6 is 0 Å². The van der Waals surface area contributed by atoms with E-state index in [0.717, 1.165) is 22.6 Å². The Kier molecular flexibility index (Phi) is 5.90. The molecule has 0 saturated carbocycles. The summed E-state index contributed by atoms with van der Waals surface area (Å²) in [5, 5.41) is 3.54. The number of carbonyl (C=O) groups excluding carboxylic acids is 2. The van der Waals surface area contributed by atoms with Gasteiger partial charge in [0.1, 0.15) is 5.82 Å². The number of ether oxygens (including phenoxy) is 1. The largest absolute Gasteiger partial charge is 0.378 e. The van der Waals surface area contributed by atoms with Gasteiger partial charge in [-0.25, -0.2) is 4.39 Å². The third-order valence-corrected chi connectivity index (χ3v) is 6.86. The van der Waals surface area contributed by atoms with Crippen molar-refractivity contribution in [1.29, 1.82) is 0 Å². The lowest BCUT2D eigenvalue weighted by Crippen LogP contribution is -2.47. The molecule has 0 bridgehead atoms. The number of allylic oxidation sites excluding steroid dienone is 1. The molecule has 34 heavy (non-hydrogen) atoms. The number of rotatable bonds is 3. The van der Waals surface area contributed by atoms with E-state index in [2.05, 4.69) is 19.2 Å². The number of halogens is 1. The summed E-state index contributed by atoms with van der Waals surface area (Å²) >= 11 is 0. The Hall–Kier alpha value is -3.19. The van der Waals surface area contributed by atoms with Gasteiger partial charge in [0, 0.05) is 30.8 Å². The molecule has 1 atom stereocenters. The Morgan fingerprint density at radius 2 is 1.79 bits per heavy atom. The van der Waals surface area contributed by atoms with Gasteiger partial charge >= 0.3 is 0 Å². The molecule has 1 fully saturated rings. The first kappa shape index (κ1) is 22.6. The minimum Gasteiger partial charge on any atom is -0.378 e. The molecular formula is C27H30FN3O3. The highest BCUT2D eigenvalue weighted by molar-refractivity contribution is 6.01. The molecule has 0 unspecified atom stereocenters. The van der Waals surface area contributed by atoms with Crippen molar-refractivity contribution in [2.75, 3.05) is 43.1 Å². The molecular weight excluding hydrogens is 433 g/mol. The summed E-state index contributed by atoms with van der Waals surface area (Å²) in [6.45, 7) is 6.44. The Morgan fingerprint density at radius 3 is 2.53 bits per heavy atom. The Bertz CT molecular complexity index is 1140. The maximum atomic E-state index is 13.9. The van der Waals surface area contributed by atoms with E-state index in [1.165, 1.54) is 12.1 Å². The van der Waals surface area contributed by atoms with E-state index in [1.807, 2.05) is 34.1 Å². The number of para-hydroxylation sites is 2. The minimum atomic E-state index is -0.500. The molecule has 2 aliphatic heterocycles. The second-order valence-electron chi connectivity index (χ2n) is 10.1. The number of carbonyl (C=O) groups is 2. The van der Waals surface area contributed by atoms with Crippen molar-refractivity contribution in [1.82, 2.24) is 4.90 Å². The van der Waals surface area contributed by atoms with Crippen LogP contribution < -0.4 is 10.2 Å². The van der Waals surface area contributed by atoms with Crippen LogP contribution in [-0.2, 0) is 14.3 Å². The number of fused-ring (bicyclic) bond motifs is 1. The van der Waals surface area contributed by atoms with Crippen LogP contribution in [0.25, 0.3) is 0 Å². The quantitative estimate of drug-likeness (QED) is 0.736. The van der Waals surface area contributed by atoms with Crippen LogP contribution in [0.5, 0.6) is 0 Å². The standard InChI is InChI=1S/C27H30FN3O3/c1-27(2)15-21-25(23(32)16-27)26(18-7-9-19(28)10-8-18)31(22-6-4-3-5-20(22)29-21)17-24(33)30-11-13-34-14-12-30/h3-10,26,29H,11-17H2,1-2H3/t26-/m1/s1. The maximum absolute atomic E-state index is 13.9. The van der Waals surface area contributed by atoms with Gasteiger partial charge in [0.25, 0.3) is 0 Å². The SMILES string of the molecule is CC1(C)CC(=O)C2=C(C1)Nc1ccccc1N(CC(=O)N1CCOCC1)[C@@H]2c1ccc(F)cc1. The van der Waals surface area contributed by atoms with Crippen molar-refractivity contribution in [3.05, 3.63) is 71.2 Å². The molecule has 178 valence electrons. The van der Waals surface area contributed by atoms with Gasteiger partial charge in [0.2, 0.25) is 5.91 Å². The van der Waals surface area contributed by atoms with Crippen molar-refractivity contribution in [2.45, 2.75) is 32.7 Å². The molecule has 7 heteroatoms. The Labute approximate surface area is 199 Å². The van der Waals surface area contributed by atoms with Crippen LogP contribution in [0, 0.1) is 11.2 Å². The fraction of sp³-hybridized carbons (Fsp3) is 0.407. The third-order valence-electron chi connectivity index (χ3n) is 6.86. The summed E-state index contributed by atoms with van der Waals surface area (Å²) in [4.78, 5) is 30.9. The topological polar surface area (TPSA) is 61.9 Å². The lowest BCUT2D eigenvalue weighted by atomic mass is 9.73. The zero-order chi connectivity index (χ0) is 23.9. The summed E-state index contributed by atoms with van der Waals surface area (Å²) in [6, 6.07) is 13.6. The van der Waals surface area contributed by atoms with Gasteiger partial charge in [-0.3, -0.25) is 9.59 Å². The van der Waals surface area contributed by atoms with Gasteiger partial charge in [-0.2, -0.15) is 0 Å². The molecule has 2 aromatic carbocycles. The zero-order valence-corrected chi connectivity index (χ0v) is 19.6. The average Bonchev–Trinajstić information content (AvgIpc) is 2.94. The van der Waals surface area contributed by atoms with Crippen LogP contribution in [0.15, 0.2) is 59.8 Å². The summed E-state index contributed by atoms with van der Waals surface area (Å²) in [5.74, 6) is -0.292. The van der Waals surface area contributed by atoms with Gasteiger partial charge in [0.05, 0.1) is 37.2 Å².